The molecule has 0 amide bonds. The van der Waals surface area contributed by atoms with Crippen LogP contribution in [0.1, 0.15) is 12.7 Å². The van der Waals surface area contributed by atoms with Crippen LogP contribution in [-0.2, 0) is 6.42 Å². The molecular weight excluding hydrogens is 218 g/mol. The summed E-state index contributed by atoms with van der Waals surface area (Å²) < 4.78 is 5.36. The van der Waals surface area contributed by atoms with Crippen molar-refractivity contribution in [3.05, 3.63) is 30.1 Å². The lowest BCUT2D eigenvalue weighted by Crippen LogP contribution is -2.05. The topological polar surface area (TPSA) is 78.8 Å². The predicted octanol–water partition coefficient (Wildman–Crippen LogP) is 0.562. The lowest BCUT2D eigenvalue weighted by atomic mass is 10.3. The summed E-state index contributed by atoms with van der Waals surface area (Å²) in [6.07, 6.45) is 0.636. The lowest BCUT2D eigenvalue weighted by Gasteiger charge is -2.03. The van der Waals surface area contributed by atoms with E-state index in [-0.39, 0.29) is 0 Å². The van der Waals surface area contributed by atoms with Crippen LogP contribution in [0.3, 0.4) is 0 Å². The summed E-state index contributed by atoms with van der Waals surface area (Å²) in [6.45, 7) is 3.13. The highest BCUT2D eigenvalue weighted by molar-refractivity contribution is 5.35. The SMILES string of the molecule is CCOc1ccc(-n2nnc(CCN)n2)cc1. The molecule has 0 aliphatic rings. The molecule has 1 aromatic carbocycles. The molecule has 0 saturated carbocycles. The molecule has 0 aliphatic heterocycles. The van der Waals surface area contributed by atoms with Gasteiger partial charge in [-0.2, -0.15) is 0 Å². The second-order valence-corrected chi connectivity index (χ2v) is 3.46. The van der Waals surface area contributed by atoms with Gasteiger partial charge in [0.2, 0.25) is 0 Å². The fraction of sp³-hybridized carbons (Fsp3) is 0.364. The maximum atomic E-state index is 5.43. The minimum absolute atomic E-state index is 0.523. The molecule has 90 valence electrons. The number of ether oxygens (including phenoxy) is 1. The zero-order valence-electron chi connectivity index (χ0n) is 9.71. The Bertz CT molecular complexity index is 465. The largest absolute Gasteiger partial charge is 0.494 e. The first-order valence-electron chi connectivity index (χ1n) is 5.55. The zero-order chi connectivity index (χ0) is 12.1. The van der Waals surface area contributed by atoms with Crippen molar-refractivity contribution in [3.8, 4) is 11.4 Å². The third kappa shape index (κ3) is 2.79. The molecule has 1 aromatic heterocycles. The van der Waals surface area contributed by atoms with Crippen molar-refractivity contribution in [3.63, 3.8) is 0 Å². The van der Waals surface area contributed by atoms with Gasteiger partial charge in [0.1, 0.15) is 5.75 Å². The standard InChI is InChI=1S/C11H15N5O/c1-2-17-10-5-3-9(4-6-10)16-14-11(7-8-12)13-15-16/h3-6H,2,7-8,12H2,1H3. The van der Waals surface area contributed by atoms with Gasteiger partial charge in [0.15, 0.2) is 5.82 Å². The highest BCUT2D eigenvalue weighted by atomic mass is 16.5. The van der Waals surface area contributed by atoms with E-state index in [0.717, 1.165) is 11.4 Å². The Labute approximate surface area is 99.4 Å². The average molecular weight is 233 g/mol. The molecule has 1 heterocycles. The molecule has 0 unspecified atom stereocenters. The van der Waals surface area contributed by atoms with Crippen LogP contribution in [0.5, 0.6) is 5.75 Å². The smallest absolute Gasteiger partial charge is 0.176 e. The quantitative estimate of drug-likeness (QED) is 0.816. The maximum Gasteiger partial charge on any atom is 0.176 e. The maximum absolute atomic E-state index is 5.43. The molecule has 0 aliphatic carbocycles. The van der Waals surface area contributed by atoms with Gasteiger partial charge in [-0.1, -0.05) is 0 Å². The zero-order valence-corrected chi connectivity index (χ0v) is 9.71. The van der Waals surface area contributed by atoms with Crippen LogP contribution < -0.4 is 10.5 Å². The first-order valence-corrected chi connectivity index (χ1v) is 5.55. The van der Waals surface area contributed by atoms with E-state index < -0.39 is 0 Å². The van der Waals surface area contributed by atoms with E-state index in [9.17, 15) is 0 Å². The highest BCUT2D eigenvalue weighted by Crippen LogP contribution is 2.13. The number of rotatable bonds is 5. The lowest BCUT2D eigenvalue weighted by molar-refractivity contribution is 0.340. The number of nitrogens with zero attached hydrogens (tertiary/aromatic N) is 4. The second-order valence-electron chi connectivity index (χ2n) is 3.46. The summed E-state index contributed by atoms with van der Waals surface area (Å²) in [4.78, 5) is 1.49. The summed E-state index contributed by atoms with van der Waals surface area (Å²) in [5.74, 6) is 1.49. The molecule has 6 nitrogen and oxygen atoms in total. The van der Waals surface area contributed by atoms with Gasteiger partial charge in [0, 0.05) is 6.42 Å². The fourth-order valence-electron chi connectivity index (χ4n) is 1.42. The average Bonchev–Trinajstić information content (AvgIpc) is 2.80. The van der Waals surface area contributed by atoms with Gasteiger partial charge in [-0.25, -0.2) is 0 Å². The van der Waals surface area contributed by atoms with Crippen LogP contribution in [0, 0.1) is 0 Å². The van der Waals surface area contributed by atoms with Crippen LogP contribution in [0.4, 0.5) is 0 Å². The number of benzene rings is 1. The molecule has 0 saturated heterocycles. The van der Waals surface area contributed by atoms with E-state index in [1.807, 2.05) is 31.2 Å². The van der Waals surface area contributed by atoms with Crippen LogP contribution in [0.2, 0.25) is 0 Å². The molecule has 0 bridgehead atoms. The van der Waals surface area contributed by atoms with Crippen LogP contribution in [0.15, 0.2) is 24.3 Å². The van der Waals surface area contributed by atoms with Gasteiger partial charge in [-0.05, 0) is 42.9 Å². The van der Waals surface area contributed by atoms with Crippen LogP contribution in [-0.4, -0.2) is 33.4 Å². The van der Waals surface area contributed by atoms with Gasteiger partial charge >= 0.3 is 0 Å². The van der Waals surface area contributed by atoms with Crippen molar-refractivity contribution in [2.45, 2.75) is 13.3 Å². The summed E-state index contributed by atoms with van der Waals surface area (Å²) in [5.41, 5.74) is 6.28. The Hall–Kier alpha value is -1.95. The molecule has 2 rings (SSSR count). The van der Waals surface area contributed by atoms with Gasteiger partial charge in [0.25, 0.3) is 0 Å². The molecule has 17 heavy (non-hydrogen) atoms. The van der Waals surface area contributed by atoms with Crippen molar-refractivity contribution in [1.82, 2.24) is 20.2 Å². The Morgan fingerprint density at radius 2 is 2.06 bits per heavy atom. The van der Waals surface area contributed by atoms with E-state index >= 15 is 0 Å². The van der Waals surface area contributed by atoms with Crippen molar-refractivity contribution >= 4 is 0 Å². The summed E-state index contributed by atoms with van der Waals surface area (Å²) >= 11 is 0. The van der Waals surface area contributed by atoms with Crippen LogP contribution >= 0.6 is 0 Å². The van der Waals surface area contributed by atoms with Gasteiger partial charge in [-0.15, -0.1) is 15.0 Å². The third-order valence-corrected chi connectivity index (χ3v) is 2.20. The molecule has 6 heteroatoms. The molecule has 0 radical (unpaired) electrons. The number of hydrogen-bond donors (Lipinski definition) is 1. The monoisotopic (exact) mass is 233 g/mol. The van der Waals surface area contributed by atoms with Gasteiger partial charge in [0.05, 0.1) is 12.3 Å². The molecule has 2 aromatic rings. The molecule has 0 spiro atoms. The minimum Gasteiger partial charge on any atom is -0.494 e. The number of aromatic nitrogens is 4. The predicted molar refractivity (Wildman–Crippen MR) is 63.1 cm³/mol. The second kappa shape index (κ2) is 5.40. The van der Waals surface area contributed by atoms with Crippen LogP contribution in [0.25, 0.3) is 5.69 Å². The molecule has 0 fully saturated rings. The Morgan fingerprint density at radius 1 is 1.29 bits per heavy atom. The number of hydrogen-bond acceptors (Lipinski definition) is 5. The Morgan fingerprint density at radius 3 is 2.71 bits per heavy atom. The van der Waals surface area contributed by atoms with E-state index in [2.05, 4.69) is 15.4 Å². The highest BCUT2D eigenvalue weighted by Gasteiger charge is 2.03. The van der Waals surface area contributed by atoms with Crippen molar-refractivity contribution in [1.29, 1.82) is 0 Å². The van der Waals surface area contributed by atoms with E-state index in [1.165, 1.54) is 4.80 Å². The summed E-state index contributed by atoms with van der Waals surface area (Å²) in [7, 11) is 0. The number of nitrogens with two attached hydrogens (primary N) is 1. The van der Waals surface area contributed by atoms with Gasteiger partial charge < -0.3 is 10.5 Å². The molecule has 0 atom stereocenters. The minimum atomic E-state index is 0.523. The normalized spacial score (nSPS) is 10.5. The fourth-order valence-corrected chi connectivity index (χ4v) is 1.42. The summed E-state index contributed by atoms with van der Waals surface area (Å²) in [6, 6.07) is 7.54. The third-order valence-electron chi connectivity index (χ3n) is 2.20. The van der Waals surface area contributed by atoms with Crippen molar-refractivity contribution in [2.75, 3.05) is 13.2 Å². The first kappa shape index (κ1) is 11.5. The first-order chi connectivity index (χ1) is 8.33. The molecule has 2 N–H and O–H groups in total. The van der Waals surface area contributed by atoms with Crippen molar-refractivity contribution < 1.29 is 4.74 Å². The summed E-state index contributed by atoms with van der Waals surface area (Å²) in [5, 5.41) is 12.1. The van der Waals surface area contributed by atoms with E-state index in [4.69, 9.17) is 10.5 Å². The Kier molecular flexibility index (Phi) is 3.66. The van der Waals surface area contributed by atoms with Gasteiger partial charge in [-0.3, -0.25) is 0 Å². The van der Waals surface area contributed by atoms with Crippen molar-refractivity contribution in [2.24, 2.45) is 5.73 Å². The van der Waals surface area contributed by atoms with E-state index in [1.54, 1.807) is 0 Å². The Balaban J connectivity index is 2.15. The number of tetrazole rings is 1. The van der Waals surface area contributed by atoms with E-state index in [0.29, 0.717) is 25.4 Å². The molecular formula is C11H15N5O.